The number of halogens is 2. The van der Waals surface area contributed by atoms with Gasteiger partial charge in [0.1, 0.15) is 5.75 Å². The standard InChI is InChI=1S/C26H25F2N5O2/c1-32-10-8-22(9-11-32)33-16-20(15-29-33)18-4-7-24-19(12-18)13-21(30-31-24)14-25(34)17-2-5-23(6-3-17)35-26(27)28/h2-7,12-13,15-16,22,26H,8-11,14H2,1H3. The van der Waals surface area contributed by atoms with E-state index in [0.717, 1.165) is 48.0 Å². The van der Waals surface area contributed by atoms with E-state index in [0.29, 0.717) is 17.3 Å². The summed E-state index contributed by atoms with van der Waals surface area (Å²) in [5.74, 6) is -0.175. The second kappa shape index (κ2) is 9.87. The van der Waals surface area contributed by atoms with Gasteiger partial charge in [0.05, 0.1) is 29.9 Å². The van der Waals surface area contributed by atoms with Crippen LogP contribution in [0.15, 0.2) is 60.9 Å². The second-order valence-electron chi connectivity index (χ2n) is 8.86. The number of Topliss-reactive ketones (excluding diaryl/α,β-unsaturated/α-hetero) is 1. The molecule has 4 aromatic rings. The highest BCUT2D eigenvalue weighted by molar-refractivity contribution is 5.97. The highest BCUT2D eigenvalue weighted by Gasteiger charge is 2.19. The molecule has 2 aromatic carbocycles. The lowest BCUT2D eigenvalue weighted by molar-refractivity contribution is -0.0498. The zero-order valence-corrected chi connectivity index (χ0v) is 19.3. The number of piperidine rings is 1. The minimum Gasteiger partial charge on any atom is -0.435 e. The summed E-state index contributed by atoms with van der Waals surface area (Å²) in [4.78, 5) is 15.0. The highest BCUT2D eigenvalue weighted by Crippen LogP contribution is 2.27. The number of aromatic nitrogens is 4. The quantitative estimate of drug-likeness (QED) is 0.357. The van der Waals surface area contributed by atoms with Crippen LogP contribution in [0.2, 0.25) is 0 Å². The lowest BCUT2D eigenvalue weighted by Gasteiger charge is -2.28. The Hall–Kier alpha value is -3.72. The summed E-state index contributed by atoms with van der Waals surface area (Å²) in [6, 6.07) is 13.9. The van der Waals surface area contributed by atoms with Crippen LogP contribution in [0.5, 0.6) is 5.75 Å². The van der Waals surface area contributed by atoms with E-state index in [4.69, 9.17) is 0 Å². The molecule has 5 rings (SSSR count). The first kappa shape index (κ1) is 23.0. The Kier molecular flexibility index (Phi) is 6.50. The lowest BCUT2D eigenvalue weighted by Crippen LogP contribution is -2.31. The number of ketones is 1. The van der Waals surface area contributed by atoms with Crippen molar-refractivity contribution in [3.8, 4) is 16.9 Å². The van der Waals surface area contributed by atoms with Crippen molar-refractivity contribution in [2.24, 2.45) is 0 Å². The number of alkyl halides is 2. The zero-order chi connectivity index (χ0) is 24.4. The fourth-order valence-electron chi connectivity index (χ4n) is 4.39. The van der Waals surface area contributed by atoms with E-state index < -0.39 is 6.61 Å². The van der Waals surface area contributed by atoms with E-state index in [1.165, 1.54) is 24.3 Å². The average molecular weight is 478 g/mol. The van der Waals surface area contributed by atoms with Gasteiger partial charge in [0.25, 0.3) is 0 Å². The Labute approximate surface area is 201 Å². The summed E-state index contributed by atoms with van der Waals surface area (Å²) in [5.41, 5.74) is 3.72. The van der Waals surface area contributed by atoms with Crippen LogP contribution in [0.3, 0.4) is 0 Å². The maximum Gasteiger partial charge on any atom is 0.387 e. The first-order valence-electron chi connectivity index (χ1n) is 11.5. The molecule has 1 aliphatic rings. The van der Waals surface area contributed by atoms with E-state index in [1.54, 1.807) is 0 Å². The van der Waals surface area contributed by atoms with Crippen LogP contribution in [0, 0.1) is 0 Å². The van der Waals surface area contributed by atoms with Crippen molar-refractivity contribution in [3.63, 3.8) is 0 Å². The molecule has 0 unspecified atom stereocenters. The SMILES string of the molecule is CN1CCC(n2cc(-c3ccc4nnc(CC(=O)c5ccc(OC(F)F)cc5)cc4c3)cn2)CC1. The minimum atomic E-state index is -2.90. The highest BCUT2D eigenvalue weighted by atomic mass is 19.3. The molecule has 9 heteroatoms. The molecular formula is C26H25F2N5O2. The molecule has 0 amide bonds. The number of hydrogen-bond donors (Lipinski definition) is 0. The van der Waals surface area contributed by atoms with E-state index >= 15 is 0 Å². The van der Waals surface area contributed by atoms with Gasteiger partial charge >= 0.3 is 6.61 Å². The van der Waals surface area contributed by atoms with Crippen molar-refractivity contribution in [3.05, 3.63) is 72.2 Å². The Balaban J connectivity index is 1.32. The van der Waals surface area contributed by atoms with Gasteiger partial charge in [0.15, 0.2) is 5.78 Å². The third-order valence-corrected chi connectivity index (χ3v) is 6.38. The van der Waals surface area contributed by atoms with Gasteiger partial charge in [-0.3, -0.25) is 9.48 Å². The van der Waals surface area contributed by atoms with Crippen LogP contribution in [0.4, 0.5) is 8.78 Å². The van der Waals surface area contributed by atoms with Crippen LogP contribution >= 0.6 is 0 Å². The van der Waals surface area contributed by atoms with Crippen LogP contribution in [0.25, 0.3) is 22.0 Å². The molecule has 2 aromatic heterocycles. The molecule has 35 heavy (non-hydrogen) atoms. The van der Waals surface area contributed by atoms with Crippen LogP contribution in [-0.4, -0.2) is 57.4 Å². The number of hydrogen-bond acceptors (Lipinski definition) is 6. The largest absolute Gasteiger partial charge is 0.435 e. The zero-order valence-electron chi connectivity index (χ0n) is 19.3. The fraction of sp³-hybridized carbons (Fsp3) is 0.308. The maximum absolute atomic E-state index is 12.7. The van der Waals surface area contributed by atoms with Crippen molar-refractivity contribution in [1.29, 1.82) is 0 Å². The number of carbonyl (C=O) groups is 1. The van der Waals surface area contributed by atoms with Crippen molar-refractivity contribution >= 4 is 16.7 Å². The summed E-state index contributed by atoms with van der Waals surface area (Å²) >= 11 is 0. The molecular weight excluding hydrogens is 452 g/mol. The van der Waals surface area contributed by atoms with Gasteiger partial charge in [0, 0.05) is 22.7 Å². The topological polar surface area (TPSA) is 73.1 Å². The Morgan fingerprint density at radius 3 is 2.57 bits per heavy atom. The summed E-state index contributed by atoms with van der Waals surface area (Å²) in [7, 11) is 2.14. The number of carbonyl (C=O) groups excluding carboxylic acids is 1. The molecule has 1 fully saturated rings. The van der Waals surface area contributed by atoms with E-state index in [9.17, 15) is 13.6 Å². The molecule has 1 aliphatic heterocycles. The number of likely N-dealkylation sites (tertiary alicyclic amines) is 1. The van der Waals surface area contributed by atoms with Crippen molar-refractivity contribution in [2.45, 2.75) is 31.9 Å². The van der Waals surface area contributed by atoms with Gasteiger partial charge in [0.2, 0.25) is 0 Å². The molecule has 7 nitrogen and oxygen atoms in total. The molecule has 3 heterocycles. The van der Waals surface area contributed by atoms with Crippen LogP contribution in [0.1, 0.15) is 34.9 Å². The summed E-state index contributed by atoms with van der Waals surface area (Å²) in [6.07, 6.45) is 6.21. The van der Waals surface area contributed by atoms with E-state index in [1.807, 2.05) is 30.5 Å². The Bertz CT molecular complexity index is 1330. The molecule has 0 atom stereocenters. The summed E-state index contributed by atoms with van der Waals surface area (Å²) < 4.78 is 31.0. The molecule has 0 spiro atoms. The summed E-state index contributed by atoms with van der Waals surface area (Å²) in [5, 5.41) is 13.9. The van der Waals surface area contributed by atoms with Crippen molar-refractivity contribution in [1.82, 2.24) is 24.9 Å². The monoisotopic (exact) mass is 477 g/mol. The van der Waals surface area contributed by atoms with Gasteiger partial charge in [-0.1, -0.05) is 6.07 Å². The average Bonchev–Trinajstić information content (AvgIpc) is 3.34. The van der Waals surface area contributed by atoms with E-state index in [-0.39, 0.29) is 18.0 Å². The van der Waals surface area contributed by atoms with E-state index in [2.05, 4.69) is 42.9 Å². The number of fused-ring (bicyclic) bond motifs is 1. The maximum atomic E-state index is 12.7. The predicted molar refractivity (Wildman–Crippen MR) is 128 cm³/mol. The molecule has 0 radical (unpaired) electrons. The third-order valence-electron chi connectivity index (χ3n) is 6.38. The Morgan fingerprint density at radius 1 is 1.06 bits per heavy atom. The van der Waals surface area contributed by atoms with Crippen molar-refractivity contribution < 1.29 is 18.3 Å². The van der Waals surface area contributed by atoms with Gasteiger partial charge in [-0.05, 0) is 81.0 Å². The van der Waals surface area contributed by atoms with Gasteiger partial charge in [-0.15, -0.1) is 0 Å². The minimum absolute atomic E-state index is 0.00808. The lowest BCUT2D eigenvalue weighted by atomic mass is 10.0. The third kappa shape index (κ3) is 5.35. The van der Waals surface area contributed by atoms with Gasteiger partial charge < -0.3 is 9.64 Å². The second-order valence-corrected chi connectivity index (χ2v) is 8.86. The normalized spacial score (nSPS) is 15.1. The number of ether oxygens (including phenoxy) is 1. The van der Waals surface area contributed by atoms with Crippen LogP contribution < -0.4 is 4.74 Å². The molecule has 0 saturated carbocycles. The predicted octanol–water partition coefficient (Wildman–Crippen LogP) is 4.79. The molecule has 0 bridgehead atoms. The first-order chi connectivity index (χ1) is 16.9. The fourth-order valence-corrected chi connectivity index (χ4v) is 4.39. The first-order valence-corrected chi connectivity index (χ1v) is 11.5. The van der Waals surface area contributed by atoms with Gasteiger partial charge in [-0.25, -0.2) is 0 Å². The number of benzene rings is 2. The van der Waals surface area contributed by atoms with Gasteiger partial charge in [-0.2, -0.15) is 24.1 Å². The Morgan fingerprint density at radius 2 is 1.83 bits per heavy atom. The van der Waals surface area contributed by atoms with Crippen molar-refractivity contribution in [2.75, 3.05) is 20.1 Å². The molecule has 0 N–H and O–H groups in total. The smallest absolute Gasteiger partial charge is 0.387 e. The van der Waals surface area contributed by atoms with Crippen LogP contribution in [-0.2, 0) is 6.42 Å². The number of rotatable bonds is 7. The molecule has 1 saturated heterocycles. The molecule has 0 aliphatic carbocycles. The molecule has 180 valence electrons. The number of nitrogens with zero attached hydrogens (tertiary/aromatic N) is 5. The summed E-state index contributed by atoms with van der Waals surface area (Å²) in [6.45, 7) is -0.759.